The third-order valence-electron chi connectivity index (χ3n) is 2.71. The molecule has 0 aliphatic heterocycles. The second-order valence-electron chi connectivity index (χ2n) is 4.63. The molecule has 0 fully saturated rings. The molecular formula is C12H23N3O3S2. The SMILES string of the molecule is CCNCc1sc(N(C)CCS(C)(=O)=O)nc1COC. The van der Waals surface area contributed by atoms with Crippen LogP contribution >= 0.6 is 11.3 Å². The van der Waals surface area contributed by atoms with Gasteiger partial charge in [0.1, 0.15) is 9.84 Å². The molecule has 0 saturated carbocycles. The van der Waals surface area contributed by atoms with Crippen LogP contribution in [0.1, 0.15) is 17.5 Å². The van der Waals surface area contributed by atoms with Crippen LogP contribution < -0.4 is 10.2 Å². The summed E-state index contributed by atoms with van der Waals surface area (Å²) in [6.45, 7) is 4.61. The van der Waals surface area contributed by atoms with Crippen LogP contribution in [0.3, 0.4) is 0 Å². The molecule has 0 radical (unpaired) electrons. The Kier molecular flexibility index (Phi) is 6.87. The largest absolute Gasteiger partial charge is 0.378 e. The summed E-state index contributed by atoms with van der Waals surface area (Å²) in [5, 5.41) is 4.10. The van der Waals surface area contributed by atoms with E-state index in [-0.39, 0.29) is 5.75 Å². The average molecular weight is 321 g/mol. The van der Waals surface area contributed by atoms with Crippen molar-refractivity contribution in [2.24, 2.45) is 0 Å². The highest BCUT2D eigenvalue weighted by Gasteiger charge is 2.15. The normalized spacial score (nSPS) is 11.8. The third-order valence-corrected chi connectivity index (χ3v) is 4.84. The lowest BCUT2D eigenvalue weighted by Gasteiger charge is -2.14. The fourth-order valence-corrected chi connectivity index (χ4v) is 3.18. The molecule has 1 heterocycles. The van der Waals surface area contributed by atoms with Crippen LogP contribution in [0.4, 0.5) is 5.13 Å². The van der Waals surface area contributed by atoms with Gasteiger partial charge in [-0.05, 0) is 6.54 Å². The molecule has 116 valence electrons. The first-order valence-corrected chi connectivity index (χ1v) is 9.32. The Labute approximate surface area is 125 Å². The predicted octanol–water partition coefficient (Wildman–Crippen LogP) is 0.880. The van der Waals surface area contributed by atoms with Gasteiger partial charge < -0.3 is 15.0 Å². The van der Waals surface area contributed by atoms with Crippen molar-refractivity contribution in [2.75, 3.05) is 44.2 Å². The van der Waals surface area contributed by atoms with E-state index >= 15 is 0 Å². The lowest BCUT2D eigenvalue weighted by Crippen LogP contribution is -2.24. The van der Waals surface area contributed by atoms with Gasteiger partial charge in [-0.15, -0.1) is 11.3 Å². The van der Waals surface area contributed by atoms with E-state index in [1.54, 1.807) is 18.4 Å². The summed E-state index contributed by atoms with van der Waals surface area (Å²) in [6.07, 6.45) is 1.25. The lowest BCUT2D eigenvalue weighted by atomic mass is 10.3. The first-order chi connectivity index (χ1) is 9.37. The van der Waals surface area contributed by atoms with E-state index in [0.29, 0.717) is 13.2 Å². The van der Waals surface area contributed by atoms with Gasteiger partial charge in [0.05, 0.1) is 18.1 Å². The summed E-state index contributed by atoms with van der Waals surface area (Å²) in [4.78, 5) is 7.55. The molecule has 6 nitrogen and oxygen atoms in total. The van der Waals surface area contributed by atoms with E-state index in [1.165, 1.54) is 6.26 Å². The van der Waals surface area contributed by atoms with Gasteiger partial charge in [0.2, 0.25) is 0 Å². The van der Waals surface area contributed by atoms with Gasteiger partial charge in [0, 0.05) is 38.4 Å². The fraction of sp³-hybridized carbons (Fsp3) is 0.750. The van der Waals surface area contributed by atoms with Crippen LogP contribution in [0.15, 0.2) is 0 Å². The fourth-order valence-electron chi connectivity index (χ4n) is 1.56. The molecule has 8 heteroatoms. The van der Waals surface area contributed by atoms with Crippen molar-refractivity contribution in [1.82, 2.24) is 10.3 Å². The molecule has 20 heavy (non-hydrogen) atoms. The third kappa shape index (κ3) is 5.74. The molecule has 0 aliphatic rings. The second-order valence-corrected chi connectivity index (χ2v) is 7.95. The van der Waals surface area contributed by atoms with Crippen molar-refractivity contribution in [3.8, 4) is 0 Å². The number of methoxy groups -OCH3 is 1. The van der Waals surface area contributed by atoms with Gasteiger partial charge in [-0.3, -0.25) is 0 Å². The van der Waals surface area contributed by atoms with Crippen LogP contribution in [0.2, 0.25) is 0 Å². The zero-order chi connectivity index (χ0) is 15.2. The van der Waals surface area contributed by atoms with E-state index in [4.69, 9.17) is 4.74 Å². The summed E-state index contributed by atoms with van der Waals surface area (Å²) in [7, 11) is 0.544. The van der Waals surface area contributed by atoms with Crippen molar-refractivity contribution in [1.29, 1.82) is 0 Å². The number of nitrogens with zero attached hydrogens (tertiary/aromatic N) is 2. The molecule has 0 spiro atoms. The van der Waals surface area contributed by atoms with Crippen molar-refractivity contribution in [3.05, 3.63) is 10.6 Å². The van der Waals surface area contributed by atoms with Crippen LogP contribution in [0.5, 0.6) is 0 Å². The number of ether oxygens (including phenoxy) is 1. The minimum absolute atomic E-state index is 0.130. The smallest absolute Gasteiger partial charge is 0.185 e. The quantitative estimate of drug-likeness (QED) is 0.728. The molecule has 1 aromatic rings. The molecule has 0 saturated heterocycles. The van der Waals surface area contributed by atoms with Crippen molar-refractivity contribution in [3.63, 3.8) is 0 Å². The predicted molar refractivity (Wildman–Crippen MR) is 83.2 cm³/mol. The van der Waals surface area contributed by atoms with Crippen molar-refractivity contribution in [2.45, 2.75) is 20.1 Å². The molecule has 1 aromatic heterocycles. The Bertz CT molecular complexity index is 514. The van der Waals surface area contributed by atoms with E-state index in [2.05, 4.69) is 17.2 Å². The first-order valence-electron chi connectivity index (χ1n) is 6.44. The molecule has 0 amide bonds. The number of hydrogen-bond donors (Lipinski definition) is 1. The Morgan fingerprint density at radius 3 is 2.70 bits per heavy atom. The van der Waals surface area contributed by atoms with Crippen molar-refractivity contribution < 1.29 is 13.2 Å². The van der Waals surface area contributed by atoms with Crippen LogP contribution in [-0.4, -0.2) is 52.7 Å². The maximum Gasteiger partial charge on any atom is 0.185 e. The van der Waals surface area contributed by atoms with Gasteiger partial charge in [0.15, 0.2) is 5.13 Å². The molecule has 0 atom stereocenters. The molecule has 0 unspecified atom stereocenters. The number of nitrogens with one attached hydrogen (secondary N) is 1. The van der Waals surface area contributed by atoms with E-state index in [0.717, 1.165) is 28.8 Å². The van der Waals surface area contributed by atoms with Crippen LogP contribution in [-0.2, 0) is 27.7 Å². The molecule has 1 rings (SSSR count). The van der Waals surface area contributed by atoms with Gasteiger partial charge in [-0.25, -0.2) is 13.4 Å². The maximum atomic E-state index is 11.2. The Hall–Kier alpha value is -0.700. The first kappa shape index (κ1) is 17.4. The highest BCUT2D eigenvalue weighted by Crippen LogP contribution is 2.26. The minimum atomic E-state index is -2.96. The molecule has 0 aliphatic carbocycles. The van der Waals surface area contributed by atoms with Gasteiger partial charge in [-0.2, -0.15) is 0 Å². The summed E-state index contributed by atoms with van der Waals surface area (Å²) < 4.78 is 27.6. The summed E-state index contributed by atoms with van der Waals surface area (Å²) in [5.74, 6) is 0.130. The number of aromatic nitrogens is 1. The molecule has 0 aromatic carbocycles. The Balaban J connectivity index is 2.78. The monoisotopic (exact) mass is 321 g/mol. The minimum Gasteiger partial charge on any atom is -0.378 e. The van der Waals surface area contributed by atoms with Crippen molar-refractivity contribution >= 4 is 26.3 Å². The highest BCUT2D eigenvalue weighted by molar-refractivity contribution is 7.90. The summed E-state index contributed by atoms with van der Waals surface area (Å²) in [6, 6.07) is 0. The van der Waals surface area contributed by atoms with Gasteiger partial charge in [0.25, 0.3) is 0 Å². The van der Waals surface area contributed by atoms with E-state index in [1.807, 2.05) is 11.9 Å². The number of sulfone groups is 1. The number of anilines is 1. The van der Waals surface area contributed by atoms with Crippen LogP contribution in [0.25, 0.3) is 0 Å². The Morgan fingerprint density at radius 1 is 1.45 bits per heavy atom. The lowest BCUT2D eigenvalue weighted by molar-refractivity contribution is 0.181. The van der Waals surface area contributed by atoms with Gasteiger partial charge >= 0.3 is 0 Å². The number of rotatable bonds is 9. The number of hydrogen-bond acceptors (Lipinski definition) is 7. The van der Waals surface area contributed by atoms with E-state index < -0.39 is 9.84 Å². The highest BCUT2D eigenvalue weighted by atomic mass is 32.2. The number of thiazole rings is 1. The van der Waals surface area contributed by atoms with Crippen LogP contribution in [0, 0.1) is 0 Å². The standard InChI is InChI=1S/C12H23N3O3S2/c1-5-13-8-11-10(9-18-3)14-12(19-11)15(2)6-7-20(4,16)17/h13H,5-9H2,1-4H3. The zero-order valence-electron chi connectivity index (χ0n) is 12.5. The van der Waals surface area contributed by atoms with E-state index in [9.17, 15) is 8.42 Å². The average Bonchev–Trinajstić information content (AvgIpc) is 2.76. The topological polar surface area (TPSA) is 71.5 Å². The molecule has 0 bridgehead atoms. The molecular weight excluding hydrogens is 298 g/mol. The van der Waals surface area contributed by atoms with Gasteiger partial charge in [-0.1, -0.05) is 6.92 Å². The second kappa shape index (κ2) is 7.92. The Morgan fingerprint density at radius 2 is 2.15 bits per heavy atom. The zero-order valence-corrected chi connectivity index (χ0v) is 14.1. The summed E-state index contributed by atoms with van der Waals surface area (Å²) in [5.41, 5.74) is 0.916. The molecule has 1 N–H and O–H groups in total. The maximum absolute atomic E-state index is 11.2. The summed E-state index contributed by atoms with van der Waals surface area (Å²) >= 11 is 1.58.